The van der Waals surface area contributed by atoms with Gasteiger partial charge in [0, 0.05) is 56.8 Å². The van der Waals surface area contributed by atoms with Gasteiger partial charge in [-0.2, -0.15) is 12.6 Å². The van der Waals surface area contributed by atoms with Gasteiger partial charge in [0.25, 0.3) is 0 Å². The number of thiol groups is 1. The SMILES string of the molecule is CCC(S)NC[C@@H]1CN(c2ccc(N3CCN(C(=O)CCC(=O)c4ccc(NC(=O)CN)cc4)CC3)c(F)c2)C(=O)O1. The van der Waals surface area contributed by atoms with Gasteiger partial charge in [-0.3, -0.25) is 19.3 Å². The highest BCUT2D eigenvalue weighted by molar-refractivity contribution is 7.80. The van der Waals surface area contributed by atoms with Crippen molar-refractivity contribution in [2.45, 2.75) is 37.7 Å². The van der Waals surface area contributed by atoms with Crippen molar-refractivity contribution >= 4 is 53.4 Å². The third-order valence-electron chi connectivity index (χ3n) is 7.30. The number of hydrogen-bond acceptors (Lipinski definition) is 9. The van der Waals surface area contributed by atoms with E-state index in [1.54, 1.807) is 41.3 Å². The van der Waals surface area contributed by atoms with Crippen molar-refractivity contribution in [3.05, 3.63) is 53.8 Å². The Bertz CT molecular complexity index is 1290. The summed E-state index contributed by atoms with van der Waals surface area (Å²) in [5.74, 6) is -1.09. The first kappa shape index (κ1) is 31.3. The second-order valence-corrected chi connectivity index (χ2v) is 10.8. The van der Waals surface area contributed by atoms with Crippen LogP contribution in [0.5, 0.6) is 0 Å². The molecular weight excluding hydrogens is 563 g/mol. The number of piperazine rings is 1. The molecule has 13 heteroatoms. The van der Waals surface area contributed by atoms with Crippen LogP contribution in [0.4, 0.5) is 26.2 Å². The number of anilines is 3. The molecule has 0 saturated carbocycles. The zero-order chi connectivity index (χ0) is 30.2. The quantitative estimate of drug-likeness (QED) is 0.166. The molecule has 11 nitrogen and oxygen atoms in total. The Labute approximate surface area is 249 Å². The van der Waals surface area contributed by atoms with Crippen LogP contribution < -0.4 is 26.2 Å². The number of benzene rings is 2. The second-order valence-electron chi connectivity index (χ2n) is 10.2. The summed E-state index contributed by atoms with van der Waals surface area (Å²) in [5.41, 5.74) is 7.10. The maximum atomic E-state index is 15.2. The summed E-state index contributed by atoms with van der Waals surface area (Å²) in [6, 6.07) is 11.1. The molecule has 2 atom stereocenters. The molecule has 4 N–H and O–H groups in total. The minimum atomic E-state index is -0.514. The van der Waals surface area contributed by atoms with E-state index in [4.69, 9.17) is 10.5 Å². The zero-order valence-corrected chi connectivity index (χ0v) is 24.4. The van der Waals surface area contributed by atoms with E-state index in [0.29, 0.717) is 61.9 Å². The van der Waals surface area contributed by atoms with Gasteiger partial charge in [-0.15, -0.1) is 0 Å². The molecule has 2 aliphatic heterocycles. The van der Waals surface area contributed by atoms with Crippen LogP contribution in [0.25, 0.3) is 0 Å². The molecule has 0 aromatic heterocycles. The maximum absolute atomic E-state index is 15.2. The van der Waals surface area contributed by atoms with Crippen molar-refractivity contribution in [2.75, 3.05) is 60.9 Å². The van der Waals surface area contributed by atoms with Gasteiger partial charge in [0.2, 0.25) is 11.8 Å². The molecule has 0 radical (unpaired) electrons. The summed E-state index contributed by atoms with van der Waals surface area (Å²) in [4.78, 5) is 54.1. The first-order valence-electron chi connectivity index (χ1n) is 14.0. The van der Waals surface area contributed by atoms with Gasteiger partial charge in [-0.25, -0.2) is 9.18 Å². The van der Waals surface area contributed by atoms with Crippen LogP contribution in [0.1, 0.15) is 36.5 Å². The van der Waals surface area contributed by atoms with Crippen LogP contribution in [-0.2, 0) is 14.3 Å². The summed E-state index contributed by atoms with van der Waals surface area (Å²) in [6.45, 7) is 4.33. The number of nitrogens with two attached hydrogens (primary N) is 1. The Morgan fingerprint density at radius 2 is 1.81 bits per heavy atom. The molecule has 2 fully saturated rings. The smallest absolute Gasteiger partial charge is 0.414 e. The Morgan fingerprint density at radius 3 is 2.45 bits per heavy atom. The van der Waals surface area contributed by atoms with E-state index in [0.717, 1.165) is 6.42 Å². The monoisotopic (exact) mass is 600 g/mol. The summed E-state index contributed by atoms with van der Waals surface area (Å²) >= 11 is 4.39. The van der Waals surface area contributed by atoms with Gasteiger partial charge in [-0.05, 0) is 48.9 Å². The molecule has 0 aliphatic carbocycles. The van der Waals surface area contributed by atoms with E-state index in [1.807, 2.05) is 11.8 Å². The predicted molar refractivity (Wildman–Crippen MR) is 162 cm³/mol. The number of rotatable bonds is 12. The summed E-state index contributed by atoms with van der Waals surface area (Å²) in [6.07, 6.45) is 0.104. The van der Waals surface area contributed by atoms with E-state index in [-0.39, 0.29) is 48.5 Å². The number of halogens is 1. The van der Waals surface area contributed by atoms with Gasteiger partial charge < -0.3 is 30.9 Å². The number of Topliss-reactive ketones (excluding diaryl/α,β-unsaturated/α-hetero) is 1. The topological polar surface area (TPSA) is 137 Å². The lowest BCUT2D eigenvalue weighted by atomic mass is 10.1. The fourth-order valence-corrected chi connectivity index (χ4v) is 4.95. The molecule has 2 aromatic carbocycles. The van der Waals surface area contributed by atoms with Crippen molar-refractivity contribution in [3.63, 3.8) is 0 Å². The number of amides is 3. The number of hydrogen-bond donors (Lipinski definition) is 4. The molecule has 2 heterocycles. The van der Waals surface area contributed by atoms with E-state index >= 15 is 4.39 Å². The number of ether oxygens (including phenoxy) is 1. The lowest BCUT2D eigenvalue weighted by Crippen LogP contribution is -2.49. The van der Waals surface area contributed by atoms with E-state index < -0.39 is 11.9 Å². The van der Waals surface area contributed by atoms with Gasteiger partial charge in [0.05, 0.1) is 29.8 Å². The van der Waals surface area contributed by atoms with Gasteiger partial charge in [-0.1, -0.05) is 6.92 Å². The number of carbonyl (C=O) groups is 4. The Hall–Kier alpha value is -3.68. The maximum Gasteiger partial charge on any atom is 0.414 e. The van der Waals surface area contributed by atoms with Crippen LogP contribution in [0.15, 0.2) is 42.5 Å². The molecule has 226 valence electrons. The highest BCUT2D eigenvalue weighted by atomic mass is 32.1. The number of carbonyl (C=O) groups excluding carboxylic acids is 4. The van der Waals surface area contributed by atoms with Crippen molar-refractivity contribution in [1.82, 2.24) is 10.2 Å². The molecule has 42 heavy (non-hydrogen) atoms. The first-order chi connectivity index (χ1) is 20.2. The van der Waals surface area contributed by atoms with Crippen molar-refractivity contribution in [1.29, 1.82) is 0 Å². The fraction of sp³-hybridized carbons (Fsp3) is 0.448. The minimum Gasteiger partial charge on any atom is -0.443 e. The number of cyclic esters (lactones) is 1. The molecule has 4 rings (SSSR count). The highest BCUT2D eigenvalue weighted by Crippen LogP contribution is 2.29. The molecule has 0 bridgehead atoms. The number of nitrogens with zero attached hydrogens (tertiary/aromatic N) is 3. The van der Waals surface area contributed by atoms with Crippen molar-refractivity contribution in [2.24, 2.45) is 5.73 Å². The average molecular weight is 601 g/mol. The van der Waals surface area contributed by atoms with E-state index in [1.165, 1.54) is 11.0 Å². The summed E-state index contributed by atoms with van der Waals surface area (Å²) in [7, 11) is 0. The molecular formula is C29H37FN6O5S. The molecule has 3 amide bonds. The van der Waals surface area contributed by atoms with Gasteiger partial charge >= 0.3 is 6.09 Å². The van der Waals surface area contributed by atoms with Crippen LogP contribution in [-0.4, -0.2) is 85.9 Å². The summed E-state index contributed by atoms with van der Waals surface area (Å²) < 4.78 is 20.6. The highest BCUT2D eigenvalue weighted by Gasteiger charge is 2.33. The Kier molecular flexibility index (Phi) is 10.8. The lowest BCUT2D eigenvalue weighted by Gasteiger charge is -2.36. The molecule has 1 unspecified atom stereocenters. The fourth-order valence-electron chi connectivity index (χ4n) is 4.84. The molecule has 0 spiro atoms. The largest absolute Gasteiger partial charge is 0.443 e. The number of ketones is 1. The summed E-state index contributed by atoms with van der Waals surface area (Å²) in [5, 5.41) is 5.81. The van der Waals surface area contributed by atoms with Crippen LogP contribution in [0, 0.1) is 5.82 Å². The predicted octanol–water partition coefficient (Wildman–Crippen LogP) is 2.62. The van der Waals surface area contributed by atoms with Gasteiger partial charge in [0.15, 0.2) is 5.78 Å². The van der Waals surface area contributed by atoms with Crippen molar-refractivity contribution in [3.8, 4) is 0 Å². The molecule has 2 aromatic rings. The molecule has 2 aliphatic rings. The zero-order valence-electron chi connectivity index (χ0n) is 23.6. The average Bonchev–Trinajstić information content (AvgIpc) is 3.38. The Balaban J connectivity index is 1.24. The second kappa shape index (κ2) is 14.5. The Morgan fingerprint density at radius 1 is 1.10 bits per heavy atom. The van der Waals surface area contributed by atoms with E-state index in [2.05, 4.69) is 23.3 Å². The minimum absolute atomic E-state index is 0.00965. The normalized spacial score (nSPS) is 17.7. The first-order valence-corrected chi connectivity index (χ1v) is 14.5. The standard InChI is InChI=1S/C29H37FN6O5S/c1-2-27(42)32-17-22-18-36(29(40)41-22)21-7-8-24(23(30)15-21)34-11-13-35(14-12-34)28(39)10-9-25(37)19-3-5-20(6-4-19)33-26(38)16-31/h3-8,15,22,27,32,42H,2,9-14,16-18,31H2,1H3,(H,33,38)/t22-,27?/m1/s1. The number of nitrogens with one attached hydrogen (secondary N) is 2. The van der Waals surface area contributed by atoms with Gasteiger partial charge in [0.1, 0.15) is 11.9 Å². The third kappa shape index (κ3) is 7.99. The lowest BCUT2D eigenvalue weighted by molar-refractivity contribution is -0.131. The van der Waals surface area contributed by atoms with E-state index in [9.17, 15) is 19.2 Å². The molecule has 2 saturated heterocycles. The van der Waals surface area contributed by atoms with Crippen LogP contribution in [0.2, 0.25) is 0 Å². The third-order valence-corrected chi connectivity index (χ3v) is 7.85. The van der Waals surface area contributed by atoms with Crippen LogP contribution >= 0.6 is 12.6 Å². The van der Waals surface area contributed by atoms with Crippen LogP contribution in [0.3, 0.4) is 0 Å². The van der Waals surface area contributed by atoms with Crippen molar-refractivity contribution < 1.29 is 28.3 Å².